The van der Waals surface area contributed by atoms with Crippen LogP contribution in [0, 0.1) is 5.82 Å². The quantitative estimate of drug-likeness (QED) is 0.909. The molecule has 19 heavy (non-hydrogen) atoms. The van der Waals surface area contributed by atoms with Gasteiger partial charge >= 0.3 is 0 Å². The molecule has 0 spiro atoms. The topological polar surface area (TPSA) is 26.0 Å². The van der Waals surface area contributed by atoms with E-state index in [1.165, 1.54) is 11.8 Å². The molecule has 2 rings (SSSR count). The molecule has 5 heteroatoms. The van der Waals surface area contributed by atoms with E-state index in [4.69, 9.17) is 17.3 Å². The molecule has 3 atom stereocenters. The molecule has 2 N–H and O–H groups in total. The minimum Gasteiger partial charge on any atom is -0.326 e. The van der Waals surface area contributed by atoms with Crippen LogP contribution < -0.4 is 5.73 Å². The number of halogens is 2. The van der Waals surface area contributed by atoms with Gasteiger partial charge in [0.2, 0.25) is 0 Å². The molecule has 0 saturated carbocycles. The Labute approximate surface area is 127 Å². The molecule has 0 amide bonds. The molecule has 106 valence electrons. The zero-order valence-corrected chi connectivity index (χ0v) is 13.3. The first-order valence-corrected chi connectivity index (χ1v) is 9.02. The first-order chi connectivity index (χ1) is 9.11. The number of nitrogens with two attached hydrogens (primary N) is 1. The van der Waals surface area contributed by atoms with Crippen LogP contribution in [0.5, 0.6) is 0 Å². The van der Waals surface area contributed by atoms with Gasteiger partial charge in [-0.3, -0.25) is 0 Å². The largest absolute Gasteiger partial charge is 0.326 e. The van der Waals surface area contributed by atoms with E-state index in [-0.39, 0.29) is 16.9 Å². The normalized spacial score (nSPS) is 25.3. The highest BCUT2D eigenvalue weighted by atomic mass is 35.5. The summed E-state index contributed by atoms with van der Waals surface area (Å²) in [5, 5.41) is 1.25. The van der Waals surface area contributed by atoms with Gasteiger partial charge in [0.1, 0.15) is 5.82 Å². The van der Waals surface area contributed by atoms with Crippen molar-refractivity contribution >= 4 is 35.1 Å². The summed E-state index contributed by atoms with van der Waals surface area (Å²) in [7, 11) is 0. The number of thioether (sulfide) groups is 2. The summed E-state index contributed by atoms with van der Waals surface area (Å²) in [6.07, 6.45) is 1.85. The van der Waals surface area contributed by atoms with Gasteiger partial charge in [-0.15, -0.1) is 0 Å². The molecule has 1 heterocycles. The second kappa shape index (κ2) is 7.21. The van der Waals surface area contributed by atoms with Crippen LogP contribution in [0.2, 0.25) is 5.02 Å². The molecule has 1 saturated heterocycles. The summed E-state index contributed by atoms with van der Waals surface area (Å²) in [6, 6.07) is 5.05. The van der Waals surface area contributed by atoms with Crippen LogP contribution in [0.25, 0.3) is 0 Å². The first kappa shape index (κ1) is 15.5. The highest BCUT2D eigenvalue weighted by Gasteiger charge is 2.30. The lowest BCUT2D eigenvalue weighted by Crippen LogP contribution is -2.43. The lowest BCUT2D eigenvalue weighted by atomic mass is 10.0. The standard InChI is InChI=1S/C14H19ClFNS2/c1-2-13-14(19-6-5-18-13)12(17)8-9-3-4-10(15)11(16)7-9/h3-4,7,12-14H,2,5-6,8,17H2,1H3. The SMILES string of the molecule is CCC1SCCSC1C(N)Cc1ccc(Cl)c(F)c1. The Morgan fingerprint density at radius 1 is 1.42 bits per heavy atom. The summed E-state index contributed by atoms with van der Waals surface area (Å²) >= 11 is 9.68. The summed E-state index contributed by atoms with van der Waals surface area (Å²) in [4.78, 5) is 0. The van der Waals surface area contributed by atoms with Crippen LogP contribution in [-0.2, 0) is 6.42 Å². The highest BCUT2D eigenvalue weighted by molar-refractivity contribution is 8.07. The van der Waals surface area contributed by atoms with E-state index in [2.05, 4.69) is 6.92 Å². The minimum atomic E-state index is -0.357. The van der Waals surface area contributed by atoms with Crippen molar-refractivity contribution in [2.75, 3.05) is 11.5 Å². The van der Waals surface area contributed by atoms with Crippen LogP contribution >= 0.6 is 35.1 Å². The summed E-state index contributed by atoms with van der Waals surface area (Å²) < 4.78 is 13.4. The predicted molar refractivity (Wildman–Crippen MR) is 85.9 cm³/mol. The van der Waals surface area contributed by atoms with Crippen LogP contribution in [0.15, 0.2) is 18.2 Å². The smallest absolute Gasteiger partial charge is 0.142 e. The number of rotatable bonds is 4. The Hall–Kier alpha value is 0.1000. The maximum absolute atomic E-state index is 13.4. The minimum absolute atomic E-state index is 0.0725. The Morgan fingerprint density at radius 2 is 2.16 bits per heavy atom. The van der Waals surface area contributed by atoms with Crippen molar-refractivity contribution in [3.63, 3.8) is 0 Å². The molecule has 0 bridgehead atoms. The third-order valence-electron chi connectivity index (χ3n) is 3.37. The van der Waals surface area contributed by atoms with Crippen molar-refractivity contribution in [3.8, 4) is 0 Å². The Morgan fingerprint density at radius 3 is 2.84 bits per heavy atom. The molecular formula is C14H19ClFNS2. The molecule has 0 radical (unpaired) electrons. The van der Waals surface area contributed by atoms with Gasteiger partial charge < -0.3 is 5.73 Å². The van der Waals surface area contributed by atoms with E-state index in [9.17, 15) is 4.39 Å². The van der Waals surface area contributed by atoms with Gasteiger partial charge in [0.25, 0.3) is 0 Å². The van der Waals surface area contributed by atoms with Gasteiger partial charge in [-0.1, -0.05) is 24.6 Å². The van der Waals surface area contributed by atoms with E-state index < -0.39 is 0 Å². The second-order valence-electron chi connectivity index (χ2n) is 4.77. The zero-order valence-electron chi connectivity index (χ0n) is 10.9. The first-order valence-electron chi connectivity index (χ1n) is 6.54. The second-order valence-corrected chi connectivity index (χ2v) is 7.81. The van der Waals surface area contributed by atoms with Gasteiger partial charge in [-0.05, 0) is 30.5 Å². The summed E-state index contributed by atoms with van der Waals surface area (Å²) in [5.74, 6) is 2.01. The van der Waals surface area contributed by atoms with Crippen molar-refractivity contribution in [1.82, 2.24) is 0 Å². The third-order valence-corrected chi connectivity index (χ3v) is 7.11. The van der Waals surface area contributed by atoms with Crippen LogP contribution in [0.3, 0.4) is 0 Å². The van der Waals surface area contributed by atoms with Crippen molar-refractivity contribution in [3.05, 3.63) is 34.6 Å². The highest BCUT2D eigenvalue weighted by Crippen LogP contribution is 2.35. The fourth-order valence-corrected chi connectivity index (χ4v) is 5.70. The van der Waals surface area contributed by atoms with Crippen LogP contribution in [-0.4, -0.2) is 28.0 Å². The maximum atomic E-state index is 13.4. The molecule has 0 aromatic heterocycles. The molecule has 1 aliphatic rings. The van der Waals surface area contributed by atoms with Gasteiger partial charge in [0, 0.05) is 28.0 Å². The van der Waals surface area contributed by atoms with Gasteiger partial charge in [-0.25, -0.2) is 4.39 Å². The predicted octanol–water partition coefficient (Wildman–Crippen LogP) is 3.98. The lowest BCUT2D eigenvalue weighted by molar-refractivity contribution is 0.590. The molecule has 1 aromatic carbocycles. The van der Waals surface area contributed by atoms with Crippen LogP contribution in [0.1, 0.15) is 18.9 Å². The average molecular weight is 320 g/mol. The molecule has 1 aliphatic heterocycles. The fraction of sp³-hybridized carbons (Fsp3) is 0.571. The number of benzene rings is 1. The Kier molecular flexibility index (Phi) is 5.87. The average Bonchev–Trinajstić information content (AvgIpc) is 2.43. The van der Waals surface area contributed by atoms with Crippen LogP contribution in [0.4, 0.5) is 4.39 Å². The van der Waals surface area contributed by atoms with E-state index >= 15 is 0 Å². The summed E-state index contributed by atoms with van der Waals surface area (Å²) in [5.41, 5.74) is 7.28. The van der Waals surface area contributed by atoms with E-state index in [0.29, 0.717) is 16.9 Å². The number of hydrogen-bond acceptors (Lipinski definition) is 3. The van der Waals surface area contributed by atoms with Crippen molar-refractivity contribution < 1.29 is 4.39 Å². The Bertz CT molecular complexity index is 430. The monoisotopic (exact) mass is 319 g/mol. The molecule has 1 aromatic rings. The molecule has 1 nitrogen and oxygen atoms in total. The molecule has 0 aliphatic carbocycles. The fourth-order valence-electron chi connectivity index (χ4n) is 2.39. The van der Waals surface area contributed by atoms with E-state index in [1.807, 2.05) is 29.6 Å². The zero-order chi connectivity index (χ0) is 13.8. The summed E-state index contributed by atoms with van der Waals surface area (Å²) in [6.45, 7) is 2.21. The maximum Gasteiger partial charge on any atom is 0.142 e. The van der Waals surface area contributed by atoms with Gasteiger partial charge in [0.15, 0.2) is 0 Å². The van der Waals surface area contributed by atoms with Gasteiger partial charge in [-0.2, -0.15) is 23.5 Å². The molecule has 1 fully saturated rings. The van der Waals surface area contributed by atoms with Crippen molar-refractivity contribution in [2.45, 2.75) is 36.3 Å². The molecule has 3 unspecified atom stereocenters. The van der Waals surface area contributed by atoms with Crippen molar-refractivity contribution in [1.29, 1.82) is 0 Å². The number of hydrogen-bond donors (Lipinski definition) is 1. The Balaban J connectivity index is 2.02. The third kappa shape index (κ3) is 4.03. The van der Waals surface area contributed by atoms with Crippen molar-refractivity contribution in [2.24, 2.45) is 5.73 Å². The molecular weight excluding hydrogens is 301 g/mol. The lowest BCUT2D eigenvalue weighted by Gasteiger charge is -2.34. The van der Waals surface area contributed by atoms with E-state index in [1.54, 1.807) is 6.07 Å². The van der Waals surface area contributed by atoms with E-state index in [0.717, 1.165) is 17.7 Å². The van der Waals surface area contributed by atoms with Gasteiger partial charge in [0.05, 0.1) is 5.02 Å².